The highest BCUT2D eigenvalue weighted by atomic mass is 16.5. The van der Waals surface area contributed by atoms with Gasteiger partial charge in [0.1, 0.15) is 0 Å². The van der Waals surface area contributed by atoms with Crippen LogP contribution in [0.4, 0.5) is 0 Å². The summed E-state index contributed by atoms with van der Waals surface area (Å²) in [5.74, 6) is -2.49. The van der Waals surface area contributed by atoms with Crippen LogP contribution in [0.1, 0.15) is 276 Å². The summed E-state index contributed by atoms with van der Waals surface area (Å²) in [5, 5.41) is 9.74. The van der Waals surface area contributed by atoms with Crippen LogP contribution >= 0.6 is 0 Å². The van der Waals surface area contributed by atoms with Crippen molar-refractivity contribution in [2.45, 2.75) is 245 Å². The molecule has 0 fully saturated rings. The topological polar surface area (TPSA) is 89.9 Å². The van der Waals surface area contributed by atoms with E-state index in [9.17, 15) is 19.5 Å². The molecule has 0 bridgehead atoms. The fourth-order valence-corrected chi connectivity index (χ4v) is 7.52. The zero-order valence-corrected chi connectivity index (χ0v) is 36.1. The van der Waals surface area contributed by atoms with E-state index in [2.05, 4.69) is 13.8 Å². The second-order valence-corrected chi connectivity index (χ2v) is 16.4. The van der Waals surface area contributed by atoms with Crippen molar-refractivity contribution in [2.75, 3.05) is 13.2 Å². The van der Waals surface area contributed by atoms with E-state index in [0.29, 0.717) is 6.61 Å². The van der Waals surface area contributed by atoms with Gasteiger partial charge in [0.05, 0.1) is 29.9 Å². The van der Waals surface area contributed by atoms with Gasteiger partial charge in [-0.05, 0) is 31.0 Å². The minimum Gasteiger partial charge on any atom is -0.478 e. The predicted octanol–water partition coefficient (Wildman–Crippen LogP) is 15.8. The van der Waals surface area contributed by atoms with Crippen molar-refractivity contribution in [3.63, 3.8) is 0 Å². The van der Waals surface area contributed by atoms with Gasteiger partial charge < -0.3 is 14.6 Å². The number of hydrogen-bond donors (Lipinski definition) is 1. The number of carboxylic acid groups (broad SMARTS) is 1. The lowest BCUT2D eigenvalue weighted by atomic mass is 10.0. The third kappa shape index (κ3) is 30.4. The van der Waals surface area contributed by atoms with Crippen LogP contribution in [0.15, 0.2) is 18.2 Å². The van der Waals surface area contributed by atoms with Gasteiger partial charge in [0, 0.05) is 0 Å². The Kier molecular flexibility index (Phi) is 35.5. The maximum atomic E-state index is 12.7. The molecule has 0 heterocycles. The molecule has 0 aliphatic rings. The molecule has 1 rings (SSSR count). The minimum atomic E-state index is -1.27. The Morgan fingerprint density at radius 2 is 0.655 bits per heavy atom. The predicted molar refractivity (Wildman–Crippen MR) is 232 cm³/mol. The van der Waals surface area contributed by atoms with Crippen LogP contribution in [-0.4, -0.2) is 36.2 Å². The number of hydrogen-bond acceptors (Lipinski definition) is 5. The maximum absolute atomic E-state index is 12.7. The molecule has 1 N–H and O–H groups in total. The minimum absolute atomic E-state index is 0.0324. The van der Waals surface area contributed by atoms with Crippen LogP contribution in [-0.2, 0) is 9.47 Å². The molecule has 0 amide bonds. The summed E-state index contributed by atoms with van der Waals surface area (Å²) in [7, 11) is 0. The van der Waals surface area contributed by atoms with E-state index in [4.69, 9.17) is 9.47 Å². The monoisotopic (exact) mass is 771 g/mol. The maximum Gasteiger partial charge on any atom is 0.339 e. The zero-order valence-electron chi connectivity index (χ0n) is 36.1. The van der Waals surface area contributed by atoms with Crippen LogP contribution in [0.5, 0.6) is 0 Å². The van der Waals surface area contributed by atoms with Crippen LogP contribution in [0.25, 0.3) is 0 Å². The molecule has 0 saturated heterocycles. The van der Waals surface area contributed by atoms with Crippen molar-refractivity contribution < 1.29 is 29.0 Å². The Morgan fingerprint density at radius 1 is 0.382 bits per heavy atom. The molecule has 1 aromatic rings. The summed E-state index contributed by atoms with van der Waals surface area (Å²) in [6, 6.07) is 4.05. The smallest absolute Gasteiger partial charge is 0.339 e. The second-order valence-electron chi connectivity index (χ2n) is 16.4. The van der Waals surface area contributed by atoms with Gasteiger partial charge in [-0.1, -0.05) is 232 Å². The Morgan fingerprint density at radius 3 is 0.945 bits per heavy atom. The van der Waals surface area contributed by atoms with Crippen molar-refractivity contribution in [1.82, 2.24) is 0 Å². The fourth-order valence-electron chi connectivity index (χ4n) is 7.52. The third-order valence-corrected chi connectivity index (χ3v) is 11.2. The van der Waals surface area contributed by atoms with E-state index >= 15 is 0 Å². The molecule has 1 aromatic carbocycles. The zero-order chi connectivity index (χ0) is 39.9. The number of carbonyl (C=O) groups is 3. The average molecular weight is 771 g/mol. The molecule has 0 spiro atoms. The summed E-state index contributed by atoms with van der Waals surface area (Å²) < 4.78 is 10.8. The van der Waals surface area contributed by atoms with E-state index in [1.807, 2.05) is 0 Å². The van der Waals surface area contributed by atoms with E-state index in [0.717, 1.165) is 38.5 Å². The third-order valence-electron chi connectivity index (χ3n) is 11.2. The Labute approximate surface area is 339 Å². The van der Waals surface area contributed by atoms with Gasteiger partial charge in [0.15, 0.2) is 0 Å². The lowest BCUT2D eigenvalue weighted by Crippen LogP contribution is -2.15. The molecule has 318 valence electrons. The molecule has 6 nitrogen and oxygen atoms in total. The highest BCUT2D eigenvalue weighted by Crippen LogP contribution is 2.18. The molecule has 6 heteroatoms. The number of carbonyl (C=O) groups excluding carboxylic acids is 2. The number of benzene rings is 1. The number of ether oxygens (including phenoxy) is 2. The molecular weight excluding hydrogens is 685 g/mol. The summed E-state index contributed by atoms with van der Waals surface area (Å²) >= 11 is 0. The molecule has 0 atom stereocenters. The van der Waals surface area contributed by atoms with Crippen LogP contribution in [0, 0.1) is 0 Å². The molecule has 0 aliphatic carbocycles. The lowest BCUT2D eigenvalue weighted by molar-refractivity contribution is 0.0477. The quantitative estimate of drug-likeness (QED) is 0.0527. The van der Waals surface area contributed by atoms with Crippen molar-refractivity contribution in [3.05, 3.63) is 34.9 Å². The van der Waals surface area contributed by atoms with E-state index in [1.165, 1.54) is 211 Å². The Balaban J connectivity index is 2.05. The van der Waals surface area contributed by atoms with Gasteiger partial charge in [-0.2, -0.15) is 0 Å². The normalized spacial score (nSPS) is 11.2. The van der Waals surface area contributed by atoms with Gasteiger partial charge in [-0.3, -0.25) is 0 Å². The first kappa shape index (κ1) is 50.6. The summed E-state index contributed by atoms with van der Waals surface area (Å²) in [4.78, 5) is 37.2. The van der Waals surface area contributed by atoms with Gasteiger partial charge in [0.25, 0.3) is 0 Å². The number of unbranched alkanes of at least 4 members (excludes halogenated alkanes) is 34. The fraction of sp³-hybridized carbons (Fsp3) is 0.816. The summed E-state index contributed by atoms with van der Waals surface area (Å²) in [6.07, 6.45) is 46.6. The molecular formula is C49H86O6. The Bertz CT molecular complexity index is 1050. The first-order valence-electron chi connectivity index (χ1n) is 23.7. The lowest BCUT2D eigenvalue weighted by Gasteiger charge is -2.10. The van der Waals surface area contributed by atoms with Gasteiger partial charge in [0.2, 0.25) is 0 Å². The highest BCUT2D eigenvalue weighted by Gasteiger charge is 2.21. The van der Waals surface area contributed by atoms with Crippen molar-refractivity contribution in [3.8, 4) is 0 Å². The van der Waals surface area contributed by atoms with Crippen molar-refractivity contribution >= 4 is 17.9 Å². The van der Waals surface area contributed by atoms with Crippen LogP contribution in [0.3, 0.4) is 0 Å². The molecule has 0 saturated carbocycles. The molecule has 0 unspecified atom stereocenters. The standard InChI is InChI=1S/C49H86O6/c1-3-5-7-9-11-13-15-17-19-21-23-25-27-29-31-33-35-37-41-54-48(52)44-39-40-45(46(43-44)47(50)51)49(53)55-42-38-36-34-32-30-28-26-24-22-20-18-16-14-12-10-8-6-4-2/h39-40,43H,3-38,41-42H2,1-2H3,(H,50,51). The van der Waals surface area contributed by atoms with Gasteiger partial charge in [-0.25, -0.2) is 14.4 Å². The highest BCUT2D eigenvalue weighted by molar-refractivity contribution is 6.04. The number of esters is 2. The van der Waals surface area contributed by atoms with Gasteiger partial charge in [-0.15, -0.1) is 0 Å². The van der Waals surface area contributed by atoms with Crippen LogP contribution < -0.4 is 0 Å². The summed E-state index contributed by atoms with van der Waals surface area (Å²) in [5.41, 5.74) is -0.125. The van der Waals surface area contributed by atoms with Crippen molar-refractivity contribution in [2.24, 2.45) is 0 Å². The number of aromatic carboxylic acids is 1. The Hall–Kier alpha value is -2.37. The molecule has 55 heavy (non-hydrogen) atoms. The molecule has 0 aliphatic heterocycles. The van der Waals surface area contributed by atoms with E-state index in [-0.39, 0.29) is 23.3 Å². The SMILES string of the molecule is CCCCCCCCCCCCCCCCCCCCOC(=O)c1ccc(C(=O)OCCCCCCCCCCCCCCCCCCCC)c(C(=O)O)c1. The molecule has 0 aromatic heterocycles. The van der Waals surface area contributed by atoms with Crippen molar-refractivity contribution in [1.29, 1.82) is 0 Å². The number of rotatable bonds is 41. The summed E-state index contributed by atoms with van der Waals surface area (Å²) in [6.45, 7) is 5.12. The first-order chi connectivity index (χ1) is 27.0. The average Bonchev–Trinajstić information content (AvgIpc) is 3.19. The second kappa shape index (κ2) is 38.5. The number of carboxylic acids is 1. The molecule has 0 radical (unpaired) electrons. The van der Waals surface area contributed by atoms with Crippen LogP contribution in [0.2, 0.25) is 0 Å². The largest absolute Gasteiger partial charge is 0.478 e. The van der Waals surface area contributed by atoms with E-state index in [1.54, 1.807) is 0 Å². The van der Waals surface area contributed by atoms with E-state index < -0.39 is 17.9 Å². The first-order valence-corrected chi connectivity index (χ1v) is 23.7. The van der Waals surface area contributed by atoms with Gasteiger partial charge >= 0.3 is 17.9 Å².